The van der Waals surface area contributed by atoms with Gasteiger partial charge in [0.1, 0.15) is 0 Å². The van der Waals surface area contributed by atoms with Crippen molar-refractivity contribution in [2.75, 3.05) is 0 Å². The van der Waals surface area contributed by atoms with Crippen molar-refractivity contribution in [2.45, 2.75) is 20.8 Å². The Morgan fingerprint density at radius 3 is 2.43 bits per heavy atom. The van der Waals surface area contributed by atoms with E-state index in [0.717, 1.165) is 27.9 Å². The lowest BCUT2D eigenvalue weighted by atomic mass is 10.1. The van der Waals surface area contributed by atoms with E-state index in [-0.39, 0.29) is 5.91 Å². The van der Waals surface area contributed by atoms with Crippen LogP contribution in [0.1, 0.15) is 22.3 Å². The lowest BCUT2D eigenvalue weighted by Crippen LogP contribution is -2.19. The predicted octanol–water partition coefficient (Wildman–Crippen LogP) is 4.50. The van der Waals surface area contributed by atoms with Crippen molar-refractivity contribution in [2.24, 2.45) is 4.99 Å². The van der Waals surface area contributed by atoms with E-state index in [1.807, 2.05) is 63.2 Å². The maximum absolute atomic E-state index is 12.1. The van der Waals surface area contributed by atoms with Gasteiger partial charge in [0.25, 0.3) is 5.91 Å². The van der Waals surface area contributed by atoms with Crippen LogP contribution in [0.25, 0.3) is 6.08 Å². The van der Waals surface area contributed by atoms with E-state index in [9.17, 15) is 4.79 Å². The molecule has 1 amide bonds. The molecule has 1 saturated heterocycles. The molecule has 3 nitrogen and oxygen atoms in total. The van der Waals surface area contributed by atoms with Crippen molar-refractivity contribution in [3.63, 3.8) is 0 Å². The molecule has 1 aliphatic rings. The predicted molar refractivity (Wildman–Crippen MR) is 97.9 cm³/mol. The zero-order valence-corrected chi connectivity index (χ0v) is 14.2. The molecular formula is C19H18N2OS. The Hall–Kier alpha value is -2.33. The van der Waals surface area contributed by atoms with Gasteiger partial charge in [-0.05, 0) is 73.0 Å². The average Bonchev–Trinajstić information content (AvgIpc) is 2.80. The number of nitrogens with zero attached hydrogens (tertiary/aromatic N) is 1. The average molecular weight is 322 g/mol. The summed E-state index contributed by atoms with van der Waals surface area (Å²) >= 11 is 1.38. The Morgan fingerprint density at radius 1 is 1.04 bits per heavy atom. The molecule has 0 atom stereocenters. The summed E-state index contributed by atoms with van der Waals surface area (Å²) in [7, 11) is 0. The molecule has 4 heteroatoms. The first-order valence-corrected chi connectivity index (χ1v) is 8.26. The quantitative estimate of drug-likeness (QED) is 0.827. The number of aliphatic imine (C=N–C) groups is 1. The summed E-state index contributed by atoms with van der Waals surface area (Å²) in [4.78, 5) is 17.4. The molecular weight excluding hydrogens is 304 g/mol. The molecule has 1 aliphatic heterocycles. The highest BCUT2D eigenvalue weighted by atomic mass is 32.2. The van der Waals surface area contributed by atoms with E-state index < -0.39 is 0 Å². The molecule has 0 unspecified atom stereocenters. The van der Waals surface area contributed by atoms with Crippen molar-refractivity contribution in [3.8, 4) is 0 Å². The highest BCUT2D eigenvalue weighted by Gasteiger charge is 2.23. The Bertz CT molecular complexity index is 817. The number of hydrogen-bond donors (Lipinski definition) is 1. The number of hydrogen-bond acceptors (Lipinski definition) is 3. The standard InChI is InChI=1S/C19H18N2OS/c1-12-8-13(2)10-16(9-12)20-19-21-18(22)17(23-19)11-15-7-5-4-6-14(15)3/h4-11H,1-3H3,(H,20,21,22)/b17-11+. The number of amides is 1. The van der Waals surface area contributed by atoms with Crippen molar-refractivity contribution in [1.29, 1.82) is 0 Å². The van der Waals surface area contributed by atoms with Gasteiger partial charge in [0.15, 0.2) is 5.17 Å². The smallest absolute Gasteiger partial charge is 0.264 e. The Labute approximate surface area is 140 Å². The molecule has 0 saturated carbocycles. The van der Waals surface area contributed by atoms with Crippen molar-refractivity contribution in [3.05, 3.63) is 69.6 Å². The van der Waals surface area contributed by atoms with Gasteiger partial charge in [-0.2, -0.15) is 0 Å². The van der Waals surface area contributed by atoms with Crippen molar-refractivity contribution < 1.29 is 4.79 Å². The number of thioether (sulfide) groups is 1. The van der Waals surface area contributed by atoms with Crippen LogP contribution in [-0.2, 0) is 4.79 Å². The third kappa shape index (κ3) is 3.71. The van der Waals surface area contributed by atoms with E-state index >= 15 is 0 Å². The molecule has 0 bridgehead atoms. The van der Waals surface area contributed by atoms with Crippen LogP contribution in [0.15, 0.2) is 52.4 Å². The maximum atomic E-state index is 12.1. The van der Waals surface area contributed by atoms with Gasteiger partial charge in [0, 0.05) is 0 Å². The van der Waals surface area contributed by atoms with Crippen LogP contribution < -0.4 is 5.32 Å². The zero-order chi connectivity index (χ0) is 16.4. The fourth-order valence-corrected chi connectivity index (χ4v) is 3.34. The number of carbonyl (C=O) groups excluding carboxylic acids is 1. The largest absolute Gasteiger partial charge is 0.300 e. The van der Waals surface area contributed by atoms with Gasteiger partial charge in [0.2, 0.25) is 0 Å². The molecule has 3 rings (SSSR count). The Kier molecular flexibility index (Phi) is 4.35. The second kappa shape index (κ2) is 6.42. The van der Waals surface area contributed by atoms with E-state index in [0.29, 0.717) is 10.1 Å². The number of benzene rings is 2. The minimum absolute atomic E-state index is 0.0959. The van der Waals surface area contributed by atoms with Crippen LogP contribution in [0.3, 0.4) is 0 Å². The summed E-state index contributed by atoms with van der Waals surface area (Å²) in [6.07, 6.45) is 1.92. The Balaban J connectivity index is 1.87. The highest BCUT2D eigenvalue weighted by molar-refractivity contribution is 8.18. The molecule has 0 spiro atoms. The van der Waals surface area contributed by atoms with Crippen LogP contribution in [0.2, 0.25) is 0 Å². The fourth-order valence-electron chi connectivity index (χ4n) is 2.50. The molecule has 0 radical (unpaired) electrons. The summed E-state index contributed by atoms with van der Waals surface area (Å²) in [5.41, 5.74) is 5.39. The molecule has 1 heterocycles. The molecule has 1 fully saturated rings. The molecule has 2 aromatic carbocycles. The van der Waals surface area contributed by atoms with Gasteiger partial charge in [-0.3, -0.25) is 4.79 Å². The first-order chi connectivity index (χ1) is 11.0. The monoisotopic (exact) mass is 322 g/mol. The summed E-state index contributed by atoms with van der Waals surface area (Å²) < 4.78 is 0. The summed E-state index contributed by atoms with van der Waals surface area (Å²) in [6, 6.07) is 14.1. The number of nitrogens with one attached hydrogen (secondary N) is 1. The van der Waals surface area contributed by atoms with Crippen LogP contribution >= 0.6 is 11.8 Å². The highest BCUT2D eigenvalue weighted by Crippen LogP contribution is 2.29. The van der Waals surface area contributed by atoms with E-state index in [1.165, 1.54) is 11.8 Å². The van der Waals surface area contributed by atoms with E-state index in [1.54, 1.807) is 0 Å². The maximum Gasteiger partial charge on any atom is 0.264 e. The van der Waals surface area contributed by atoms with Gasteiger partial charge in [-0.1, -0.05) is 30.3 Å². The number of rotatable bonds is 2. The lowest BCUT2D eigenvalue weighted by molar-refractivity contribution is -0.115. The van der Waals surface area contributed by atoms with Gasteiger partial charge in [-0.25, -0.2) is 4.99 Å². The molecule has 2 aromatic rings. The van der Waals surface area contributed by atoms with Crippen LogP contribution in [0.4, 0.5) is 5.69 Å². The minimum atomic E-state index is -0.0959. The summed E-state index contributed by atoms with van der Waals surface area (Å²) in [5.74, 6) is -0.0959. The van der Waals surface area contributed by atoms with Crippen molar-refractivity contribution in [1.82, 2.24) is 5.32 Å². The van der Waals surface area contributed by atoms with E-state index in [4.69, 9.17) is 0 Å². The first kappa shape index (κ1) is 15.6. The molecule has 23 heavy (non-hydrogen) atoms. The van der Waals surface area contributed by atoms with Crippen LogP contribution in [0, 0.1) is 20.8 Å². The topological polar surface area (TPSA) is 41.5 Å². The second-order valence-electron chi connectivity index (χ2n) is 5.68. The second-order valence-corrected chi connectivity index (χ2v) is 6.71. The number of carbonyl (C=O) groups is 1. The third-order valence-corrected chi connectivity index (χ3v) is 4.47. The van der Waals surface area contributed by atoms with E-state index in [2.05, 4.69) is 16.4 Å². The fraction of sp³-hybridized carbons (Fsp3) is 0.158. The molecule has 0 aliphatic carbocycles. The minimum Gasteiger partial charge on any atom is -0.300 e. The van der Waals surface area contributed by atoms with Gasteiger partial charge >= 0.3 is 0 Å². The van der Waals surface area contributed by atoms with Gasteiger partial charge < -0.3 is 5.32 Å². The van der Waals surface area contributed by atoms with Crippen LogP contribution in [-0.4, -0.2) is 11.1 Å². The number of amidine groups is 1. The molecule has 116 valence electrons. The summed E-state index contributed by atoms with van der Waals surface area (Å²) in [5, 5.41) is 3.46. The normalized spacial score (nSPS) is 17.8. The van der Waals surface area contributed by atoms with Gasteiger partial charge in [0.05, 0.1) is 10.6 Å². The Morgan fingerprint density at radius 2 is 1.74 bits per heavy atom. The van der Waals surface area contributed by atoms with Crippen molar-refractivity contribution >= 4 is 34.6 Å². The number of aryl methyl sites for hydroxylation is 3. The van der Waals surface area contributed by atoms with Crippen LogP contribution in [0.5, 0.6) is 0 Å². The molecule has 0 aromatic heterocycles. The summed E-state index contributed by atoms with van der Waals surface area (Å²) in [6.45, 7) is 6.12. The zero-order valence-electron chi connectivity index (χ0n) is 13.4. The van der Waals surface area contributed by atoms with Gasteiger partial charge in [-0.15, -0.1) is 0 Å². The third-order valence-electron chi connectivity index (χ3n) is 3.56. The SMILES string of the molecule is Cc1cc(C)cc(N=C2NC(=O)/C(=C\c3ccccc3C)S2)c1. The lowest BCUT2D eigenvalue weighted by Gasteiger charge is -2.01. The molecule has 1 N–H and O–H groups in total. The first-order valence-electron chi connectivity index (χ1n) is 7.45.